The molecule has 0 unspecified atom stereocenters. The van der Waals surface area contributed by atoms with Crippen molar-refractivity contribution in [2.75, 3.05) is 19.6 Å². The van der Waals surface area contributed by atoms with Gasteiger partial charge in [-0.2, -0.15) is 0 Å². The van der Waals surface area contributed by atoms with Crippen LogP contribution in [0.2, 0.25) is 5.02 Å². The number of halogens is 1. The van der Waals surface area contributed by atoms with Crippen molar-refractivity contribution in [3.05, 3.63) is 34.9 Å². The van der Waals surface area contributed by atoms with Crippen LogP contribution >= 0.6 is 11.6 Å². The van der Waals surface area contributed by atoms with Gasteiger partial charge in [0, 0.05) is 37.6 Å². The quantitative estimate of drug-likeness (QED) is 0.784. The molecule has 1 fully saturated rings. The van der Waals surface area contributed by atoms with Gasteiger partial charge >= 0.3 is 6.03 Å². The molecule has 2 rings (SSSR count). The molecular formula is C17H24ClN3O2. The lowest BCUT2D eigenvalue weighted by Crippen LogP contribution is -2.38. The fourth-order valence-corrected chi connectivity index (χ4v) is 2.83. The van der Waals surface area contributed by atoms with Crippen LogP contribution in [0, 0.1) is 0 Å². The highest BCUT2D eigenvalue weighted by Crippen LogP contribution is 2.14. The summed E-state index contributed by atoms with van der Waals surface area (Å²) in [5, 5.41) is 6.24. The molecule has 1 aliphatic heterocycles. The number of urea groups is 1. The van der Waals surface area contributed by atoms with Gasteiger partial charge in [-0.3, -0.25) is 4.79 Å². The third kappa shape index (κ3) is 6.10. The van der Waals surface area contributed by atoms with Crippen LogP contribution < -0.4 is 10.6 Å². The molecule has 0 saturated carbocycles. The van der Waals surface area contributed by atoms with E-state index in [2.05, 4.69) is 10.6 Å². The first-order chi connectivity index (χ1) is 11.2. The third-order valence-electron chi connectivity index (χ3n) is 3.96. The second-order valence-corrected chi connectivity index (χ2v) is 6.15. The molecule has 0 spiro atoms. The van der Waals surface area contributed by atoms with Crippen LogP contribution in [-0.4, -0.2) is 36.5 Å². The highest BCUT2D eigenvalue weighted by Gasteiger charge is 2.15. The van der Waals surface area contributed by atoms with E-state index in [9.17, 15) is 9.59 Å². The summed E-state index contributed by atoms with van der Waals surface area (Å²) in [4.78, 5) is 25.5. The maximum Gasteiger partial charge on any atom is 0.315 e. The Kier molecular flexibility index (Phi) is 7.20. The SMILES string of the molecule is O=C(NCCCN1CCCCCC1=O)NCc1ccccc1Cl. The first-order valence-electron chi connectivity index (χ1n) is 8.19. The number of likely N-dealkylation sites (tertiary alicyclic amines) is 1. The lowest BCUT2D eigenvalue weighted by atomic mass is 10.2. The average molecular weight is 338 g/mol. The topological polar surface area (TPSA) is 61.4 Å². The normalized spacial score (nSPS) is 15.2. The van der Waals surface area contributed by atoms with Crippen molar-refractivity contribution in [3.8, 4) is 0 Å². The molecule has 1 saturated heterocycles. The number of rotatable bonds is 6. The predicted octanol–water partition coefficient (Wildman–Crippen LogP) is 2.93. The first-order valence-corrected chi connectivity index (χ1v) is 8.57. The summed E-state index contributed by atoms with van der Waals surface area (Å²) in [6.07, 6.45) is 4.64. The van der Waals surface area contributed by atoms with Gasteiger partial charge in [0.2, 0.25) is 5.91 Å². The van der Waals surface area contributed by atoms with E-state index >= 15 is 0 Å². The molecule has 1 heterocycles. The van der Waals surface area contributed by atoms with Crippen molar-refractivity contribution in [1.29, 1.82) is 0 Å². The molecule has 3 amide bonds. The van der Waals surface area contributed by atoms with Gasteiger partial charge in [-0.15, -0.1) is 0 Å². The van der Waals surface area contributed by atoms with Crippen LogP contribution in [0.5, 0.6) is 0 Å². The molecule has 0 atom stereocenters. The van der Waals surface area contributed by atoms with Crippen LogP contribution in [0.25, 0.3) is 0 Å². The summed E-state index contributed by atoms with van der Waals surface area (Å²) in [5.74, 6) is 0.241. The Morgan fingerprint density at radius 1 is 1.17 bits per heavy atom. The minimum atomic E-state index is -0.216. The van der Waals surface area contributed by atoms with E-state index in [1.165, 1.54) is 0 Å². The third-order valence-corrected chi connectivity index (χ3v) is 4.33. The van der Waals surface area contributed by atoms with E-state index in [0.717, 1.165) is 37.8 Å². The second kappa shape index (κ2) is 9.40. The van der Waals surface area contributed by atoms with E-state index < -0.39 is 0 Å². The van der Waals surface area contributed by atoms with Crippen LogP contribution in [-0.2, 0) is 11.3 Å². The summed E-state index contributed by atoms with van der Waals surface area (Å²) in [7, 11) is 0. The summed E-state index contributed by atoms with van der Waals surface area (Å²) in [6.45, 7) is 2.51. The first kappa shape index (κ1) is 17.6. The van der Waals surface area contributed by atoms with E-state index in [1.54, 1.807) is 6.07 Å². The number of carbonyl (C=O) groups is 2. The Morgan fingerprint density at radius 2 is 2.00 bits per heavy atom. The maximum absolute atomic E-state index is 11.8. The molecule has 23 heavy (non-hydrogen) atoms. The van der Waals surface area contributed by atoms with Gasteiger partial charge in [0.05, 0.1) is 0 Å². The number of carbonyl (C=O) groups excluding carboxylic acids is 2. The monoisotopic (exact) mass is 337 g/mol. The number of hydrogen-bond donors (Lipinski definition) is 2. The predicted molar refractivity (Wildman–Crippen MR) is 91.4 cm³/mol. The van der Waals surface area contributed by atoms with E-state index in [1.807, 2.05) is 23.1 Å². The zero-order chi connectivity index (χ0) is 16.5. The molecule has 0 bridgehead atoms. The Morgan fingerprint density at radius 3 is 2.83 bits per heavy atom. The van der Waals surface area contributed by atoms with Gasteiger partial charge < -0.3 is 15.5 Å². The maximum atomic E-state index is 11.8. The van der Waals surface area contributed by atoms with Crippen molar-refractivity contribution < 1.29 is 9.59 Å². The number of amides is 3. The van der Waals surface area contributed by atoms with Gasteiger partial charge in [0.25, 0.3) is 0 Å². The molecule has 6 heteroatoms. The van der Waals surface area contributed by atoms with Crippen molar-refractivity contribution in [1.82, 2.24) is 15.5 Å². The lowest BCUT2D eigenvalue weighted by Gasteiger charge is -2.20. The highest BCUT2D eigenvalue weighted by atomic mass is 35.5. The summed E-state index contributed by atoms with van der Waals surface area (Å²) >= 11 is 6.04. The Hall–Kier alpha value is -1.75. The van der Waals surface area contributed by atoms with E-state index in [4.69, 9.17) is 11.6 Å². The summed E-state index contributed by atoms with van der Waals surface area (Å²) in [6, 6.07) is 7.21. The van der Waals surface area contributed by atoms with Crippen LogP contribution in [0.3, 0.4) is 0 Å². The van der Waals surface area contributed by atoms with Gasteiger partial charge in [0.15, 0.2) is 0 Å². The Balaban J connectivity index is 1.61. The largest absolute Gasteiger partial charge is 0.343 e. The van der Waals surface area contributed by atoms with E-state index in [0.29, 0.717) is 31.1 Å². The molecule has 5 nitrogen and oxygen atoms in total. The zero-order valence-corrected chi connectivity index (χ0v) is 14.1. The standard InChI is InChI=1S/C17H24ClN3O2/c18-15-8-4-3-7-14(15)13-20-17(23)19-10-6-12-21-11-5-1-2-9-16(21)22/h3-4,7-8H,1-2,5-6,9-13H2,(H2,19,20,23). The molecule has 0 radical (unpaired) electrons. The fourth-order valence-electron chi connectivity index (χ4n) is 2.63. The Bertz CT molecular complexity index is 536. The van der Waals surface area contributed by atoms with Crippen molar-refractivity contribution in [2.45, 2.75) is 38.6 Å². The fraction of sp³-hybridized carbons (Fsp3) is 0.529. The number of nitrogens with one attached hydrogen (secondary N) is 2. The lowest BCUT2D eigenvalue weighted by molar-refractivity contribution is -0.130. The molecule has 0 aliphatic carbocycles. The van der Waals surface area contributed by atoms with Gasteiger partial charge in [-0.1, -0.05) is 36.2 Å². The molecule has 0 aromatic heterocycles. The minimum absolute atomic E-state index is 0.216. The minimum Gasteiger partial charge on any atom is -0.343 e. The average Bonchev–Trinajstić information content (AvgIpc) is 2.75. The molecule has 1 aliphatic rings. The van der Waals surface area contributed by atoms with Crippen molar-refractivity contribution in [2.24, 2.45) is 0 Å². The molecule has 2 N–H and O–H groups in total. The van der Waals surface area contributed by atoms with Crippen molar-refractivity contribution in [3.63, 3.8) is 0 Å². The Labute approximate surface area is 142 Å². The van der Waals surface area contributed by atoms with Crippen LogP contribution in [0.15, 0.2) is 24.3 Å². The number of nitrogens with zero attached hydrogens (tertiary/aromatic N) is 1. The van der Waals surface area contributed by atoms with Gasteiger partial charge in [-0.05, 0) is 30.9 Å². The second-order valence-electron chi connectivity index (χ2n) is 5.75. The van der Waals surface area contributed by atoms with Gasteiger partial charge in [0.1, 0.15) is 0 Å². The number of benzene rings is 1. The number of hydrogen-bond acceptors (Lipinski definition) is 2. The molecule has 1 aromatic rings. The zero-order valence-electron chi connectivity index (χ0n) is 13.3. The smallest absolute Gasteiger partial charge is 0.315 e. The van der Waals surface area contributed by atoms with Crippen molar-refractivity contribution >= 4 is 23.5 Å². The van der Waals surface area contributed by atoms with Crippen LogP contribution in [0.1, 0.15) is 37.7 Å². The molecule has 126 valence electrons. The summed E-state index contributed by atoms with van der Waals surface area (Å²) in [5.41, 5.74) is 0.888. The van der Waals surface area contributed by atoms with Crippen LogP contribution in [0.4, 0.5) is 4.79 Å². The van der Waals surface area contributed by atoms with Gasteiger partial charge in [-0.25, -0.2) is 4.79 Å². The summed E-state index contributed by atoms with van der Waals surface area (Å²) < 4.78 is 0. The van der Waals surface area contributed by atoms with E-state index in [-0.39, 0.29) is 11.9 Å². The highest BCUT2D eigenvalue weighted by molar-refractivity contribution is 6.31. The molecular weight excluding hydrogens is 314 g/mol. The molecule has 1 aromatic carbocycles.